The molecule has 30 heavy (non-hydrogen) atoms. The molecule has 0 aromatic heterocycles. The Kier molecular flexibility index (Phi) is 6.43. The van der Waals surface area contributed by atoms with Crippen molar-refractivity contribution in [2.75, 3.05) is 6.54 Å². The first-order chi connectivity index (χ1) is 13.9. The van der Waals surface area contributed by atoms with Gasteiger partial charge in [-0.1, -0.05) is 57.2 Å². The standard InChI is InChI=1S/C22H30N2O4S2/c1-21(2)14-18(24-30(27,28)20-12-8-5-9-13-20)15-22(3,16-21)17-23-29(25,26)19-10-6-4-7-11-19/h4-13,18,23-24H,14-17H2,1-3H3/t18-,22-/m1/s1. The molecule has 0 aliphatic heterocycles. The predicted octanol–water partition coefficient (Wildman–Crippen LogP) is 3.53. The van der Waals surface area contributed by atoms with Crippen LogP contribution in [0.4, 0.5) is 0 Å². The van der Waals surface area contributed by atoms with Crippen molar-refractivity contribution in [2.45, 2.75) is 55.9 Å². The maximum absolute atomic E-state index is 12.8. The van der Waals surface area contributed by atoms with Crippen molar-refractivity contribution in [1.29, 1.82) is 0 Å². The van der Waals surface area contributed by atoms with E-state index >= 15 is 0 Å². The highest BCUT2D eigenvalue weighted by molar-refractivity contribution is 7.89. The quantitative estimate of drug-likeness (QED) is 0.675. The molecule has 2 aromatic rings. The average Bonchev–Trinajstić information content (AvgIpc) is 2.66. The molecule has 2 N–H and O–H groups in total. The summed E-state index contributed by atoms with van der Waals surface area (Å²) < 4.78 is 56.5. The first-order valence-electron chi connectivity index (χ1n) is 10.0. The maximum atomic E-state index is 12.8. The first kappa shape index (κ1) is 22.9. The van der Waals surface area contributed by atoms with E-state index in [-0.39, 0.29) is 33.2 Å². The second-order valence-electron chi connectivity index (χ2n) is 9.33. The molecule has 8 heteroatoms. The van der Waals surface area contributed by atoms with E-state index < -0.39 is 20.0 Å². The largest absolute Gasteiger partial charge is 0.240 e. The Balaban J connectivity index is 1.75. The normalized spacial score (nSPS) is 24.4. The Hall–Kier alpha value is -1.74. The van der Waals surface area contributed by atoms with Crippen LogP contribution in [-0.4, -0.2) is 29.4 Å². The third-order valence-electron chi connectivity index (χ3n) is 5.56. The summed E-state index contributed by atoms with van der Waals surface area (Å²) in [6, 6.07) is 16.3. The Bertz CT molecular complexity index is 1070. The van der Waals surface area contributed by atoms with Crippen LogP contribution < -0.4 is 9.44 Å². The Morgan fingerprint density at radius 1 is 0.800 bits per heavy atom. The third-order valence-corrected chi connectivity index (χ3v) is 8.51. The number of hydrogen-bond acceptors (Lipinski definition) is 4. The van der Waals surface area contributed by atoms with Crippen molar-refractivity contribution in [3.8, 4) is 0 Å². The van der Waals surface area contributed by atoms with Crippen LogP contribution >= 0.6 is 0 Å². The summed E-state index contributed by atoms with van der Waals surface area (Å²) in [5.41, 5.74) is -0.511. The van der Waals surface area contributed by atoms with Gasteiger partial charge in [-0.15, -0.1) is 0 Å². The molecule has 1 aliphatic carbocycles. The zero-order valence-corrected chi connectivity index (χ0v) is 19.3. The minimum Gasteiger partial charge on any atom is -0.211 e. The summed E-state index contributed by atoms with van der Waals surface area (Å²) >= 11 is 0. The lowest BCUT2D eigenvalue weighted by Gasteiger charge is -2.46. The van der Waals surface area contributed by atoms with Gasteiger partial charge in [-0.25, -0.2) is 26.3 Å². The Morgan fingerprint density at radius 3 is 1.83 bits per heavy atom. The Morgan fingerprint density at radius 2 is 1.30 bits per heavy atom. The fourth-order valence-corrected chi connectivity index (χ4v) is 7.17. The molecule has 0 saturated heterocycles. The lowest BCUT2D eigenvalue weighted by Crippen LogP contribution is -2.50. The number of benzene rings is 2. The van der Waals surface area contributed by atoms with E-state index in [1.807, 2.05) is 6.92 Å². The van der Waals surface area contributed by atoms with Crippen LogP contribution in [-0.2, 0) is 20.0 Å². The molecule has 0 radical (unpaired) electrons. The van der Waals surface area contributed by atoms with Crippen LogP contribution in [0, 0.1) is 10.8 Å². The monoisotopic (exact) mass is 450 g/mol. The third kappa shape index (κ3) is 5.69. The molecule has 6 nitrogen and oxygen atoms in total. The van der Waals surface area contributed by atoms with Crippen molar-refractivity contribution in [2.24, 2.45) is 10.8 Å². The van der Waals surface area contributed by atoms with Gasteiger partial charge in [0, 0.05) is 12.6 Å². The van der Waals surface area contributed by atoms with Crippen molar-refractivity contribution in [3.63, 3.8) is 0 Å². The van der Waals surface area contributed by atoms with Gasteiger partial charge in [-0.3, -0.25) is 0 Å². The lowest BCUT2D eigenvalue weighted by atomic mass is 9.63. The molecule has 0 unspecified atom stereocenters. The van der Waals surface area contributed by atoms with Gasteiger partial charge in [0.15, 0.2) is 0 Å². The fourth-order valence-electron chi connectivity index (χ4n) is 4.69. The highest BCUT2D eigenvalue weighted by Crippen LogP contribution is 2.46. The van der Waals surface area contributed by atoms with Crippen LogP contribution in [0.3, 0.4) is 0 Å². The number of sulfonamides is 2. The van der Waals surface area contributed by atoms with E-state index in [1.165, 1.54) is 0 Å². The molecule has 0 bridgehead atoms. The lowest BCUT2D eigenvalue weighted by molar-refractivity contribution is 0.0821. The van der Waals surface area contributed by atoms with Gasteiger partial charge in [-0.05, 0) is 54.4 Å². The van der Waals surface area contributed by atoms with Gasteiger partial charge in [0.25, 0.3) is 0 Å². The van der Waals surface area contributed by atoms with Crippen LogP contribution in [0.1, 0.15) is 40.0 Å². The summed E-state index contributed by atoms with van der Waals surface area (Å²) in [6.45, 7) is 6.46. The summed E-state index contributed by atoms with van der Waals surface area (Å²) in [4.78, 5) is 0.463. The van der Waals surface area contributed by atoms with E-state index in [2.05, 4.69) is 23.3 Å². The van der Waals surface area contributed by atoms with Crippen molar-refractivity contribution >= 4 is 20.0 Å². The molecule has 0 heterocycles. The molecular weight excluding hydrogens is 420 g/mol. The van der Waals surface area contributed by atoms with Gasteiger partial charge < -0.3 is 0 Å². The minimum absolute atomic E-state index is 0.130. The van der Waals surface area contributed by atoms with Crippen molar-refractivity contribution in [1.82, 2.24) is 9.44 Å². The van der Waals surface area contributed by atoms with E-state index in [9.17, 15) is 16.8 Å². The highest BCUT2D eigenvalue weighted by Gasteiger charge is 2.43. The highest BCUT2D eigenvalue weighted by atomic mass is 32.2. The summed E-state index contributed by atoms with van der Waals surface area (Å²) in [7, 11) is -7.25. The van der Waals surface area contributed by atoms with Gasteiger partial charge in [0.1, 0.15) is 0 Å². The van der Waals surface area contributed by atoms with Gasteiger partial charge in [0.05, 0.1) is 9.79 Å². The van der Waals surface area contributed by atoms with Crippen LogP contribution in [0.2, 0.25) is 0 Å². The van der Waals surface area contributed by atoms with Crippen LogP contribution in [0.15, 0.2) is 70.5 Å². The van der Waals surface area contributed by atoms with Gasteiger partial charge in [-0.2, -0.15) is 0 Å². The molecular formula is C22H30N2O4S2. The number of rotatable bonds is 7. The predicted molar refractivity (Wildman–Crippen MR) is 118 cm³/mol. The molecule has 1 fully saturated rings. The molecule has 1 aliphatic rings. The second kappa shape index (κ2) is 8.42. The molecule has 3 rings (SSSR count). The summed E-state index contributed by atoms with van der Waals surface area (Å²) in [5, 5.41) is 0. The molecule has 0 amide bonds. The molecule has 164 valence electrons. The van der Waals surface area contributed by atoms with E-state index in [1.54, 1.807) is 60.7 Å². The second-order valence-corrected chi connectivity index (χ2v) is 12.8. The molecule has 1 saturated carbocycles. The van der Waals surface area contributed by atoms with Crippen LogP contribution in [0.5, 0.6) is 0 Å². The van der Waals surface area contributed by atoms with Crippen molar-refractivity contribution in [3.05, 3.63) is 60.7 Å². The van der Waals surface area contributed by atoms with E-state index in [0.29, 0.717) is 12.8 Å². The zero-order chi connectivity index (χ0) is 22.0. The maximum Gasteiger partial charge on any atom is 0.240 e. The van der Waals surface area contributed by atoms with Crippen molar-refractivity contribution < 1.29 is 16.8 Å². The summed E-state index contributed by atoms with van der Waals surface area (Å²) in [5.74, 6) is 0. The fraction of sp³-hybridized carbons (Fsp3) is 0.455. The topological polar surface area (TPSA) is 92.3 Å². The summed E-state index contributed by atoms with van der Waals surface area (Å²) in [6.07, 6.45) is 2.04. The average molecular weight is 451 g/mol. The number of hydrogen-bond donors (Lipinski definition) is 2. The van der Waals surface area contributed by atoms with Crippen LogP contribution in [0.25, 0.3) is 0 Å². The first-order valence-corrected chi connectivity index (χ1v) is 13.0. The molecule has 2 aromatic carbocycles. The minimum atomic E-state index is -3.64. The Labute approximate surface area is 180 Å². The number of nitrogens with one attached hydrogen (secondary N) is 2. The smallest absolute Gasteiger partial charge is 0.211 e. The van der Waals surface area contributed by atoms with E-state index in [0.717, 1.165) is 6.42 Å². The van der Waals surface area contributed by atoms with Gasteiger partial charge >= 0.3 is 0 Å². The molecule has 0 spiro atoms. The van der Waals surface area contributed by atoms with E-state index in [4.69, 9.17) is 0 Å². The SMILES string of the molecule is CC1(C)C[C@@H](NS(=O)(=O)c2ccccc2)C[C@@](C)(CNS(=O)(=O)c2ccccc2)C1. The van der Waals surface area contributed by atoms with Gasteiger partial charge in [0.2, 0.25) is 20.0 Å². The molecule has 2 atom stereocenters. The zero-order valence-electron chi connectivity index (χ0n) is 17.6.